The molecule has 0 radical (unpaired) electrons. The zero-order valence-corrected chi connectivity index (χ0v) is 10.3. The van der Waals surface area contributed by atoms with Crippen molar-refractivity contribution in [2.24, 2.45) is 5.41 Å². The normalized spacial score (nSPS) is 20.5. The van der Waals surface area contributed by atoms with Crippen molar-refractivity contribution in [2.45, 2.75) is 33.1 Å². The van der Waals surface area contributed by atoms with Crippen LogP contribution in [0.5, 0.6) is 0 Å². The predicted octanol–water partition coefficient (Wildman–Crippen LogP) is 2.74. The summed E-state index contributed by atoms with van der Waals surface area (Å²) in [7, 11) is 0. The van der Waals surface area contributed by atoms with Crippen molar-refractivity contribution < 1.29 is 0 Å². The summed E-state index contributed by atoms with van der Waals surface area (Å²) in [5.41, 5.74) is 6.19. The number of hydrogen-bond acceptors (Lipinski definition) is 4. The zero-order chi connectivity index (χ0) is 10.9. The minimum Gasteiger partial charge on any atom is -0.383 e. The molecule has 0 aromatic carbocycles. The molecular formula is C11H19N3S. The van der Waals surface area contributed by atoms with E-state index in [1.165, 1.54) is 35.8 Å². The number of nitrogens with two attached hydrogens (primary N) is 1. The Morgan fingerprint density at radius 1 is 1.53 bits per heavy atom. The highest BCUT2D eigenvalue weighted by atomic mass is 32.1. The lowest BCUT2D eigenvalue weighted by Gasteiger charge is -2.39. The lowest BCUT2D eigenvalue weighted by atomic mass is 9.78. The van der Waals surface area contributed by atoms with Gasteiger partial charge in [-0.05, 0) is 29.8 Å². The Labute approximate surface area is 95.4 Å². The molecule has 0 aliphatic carbocycles. The Hall–Kier alpha value is -0.770. The average molecular weight is 225 g/mol. The van der Waals surface area contributed by atoms with Crippen molar-refractivity contribution in [2.75, 3.05) is 23.7 Å². The van der Waals surface area contributed by atoms with Crippen LogP contribution in [0.4, 0.5) is 10.8 Å². The van der Waals surface area contributed by atoms with Crippen LogP contribution in [0.25, 0.3) is 0 Å². The van der Waals surface area contributed by atoms with Crippen LogP contribution in [0.3, 0.4) is 0 Å². The maximum absolute atomic E-state index is 5.64. The summed E-state index contributed by atoms with van der Waals surface area (Å²) in [6, 6.07) is 1.99. The molecular weight excluding hydrogens is 206 g/mol. The van der Waals surface area contributed by atoms with E-state index in [-0.39, 0.29) is 0 Å². The van der Waals surface area contributed by atoms with E-state index >= 15 is 0 Å². The molecule has 2 N–H and O–H groups in total. The maximum Gasteiger partial charge on any atom is 0.139 e. The highest BCUT2D eigenvalue weighted by Gasteiger charge is 2.28. The molecule has 0 spiro atoms. The summed E-state index contributed by atoms with van der Waals surface area (Å²) in [6.45, 7) is 6.98. The first-order chi connectivity index (χ1) is 7.13. The molecule has 1 aliphatic heterocycles. The fourth-order valence-electron chi connectivity index (χ4n) is 2.05. The van der Waals surface area contributed by atoms with Gasteiger partial charge in [0.15, 0.2) is 0 Å². The van der Waals surface area contributed by atoms with Gasteiger partial charge in [-0.25, -0.2) is 0 Å². The largest absolute Gasteiger partial charge is 0.383 e. The number of nitrogen functional groups attached to an aromatic ring is 1. The van der Waals surface area contributed by atoms with Crippen LogP contribution < -0.4 is 10.6 Å². The lowest BCUT2D eigenvalue weighted by molar-refractivity contribution is 0.239. The van der Waals surface area contributed by atoms with Gasteiger partial charge in [0.1, 0.15) is 10.8 Å². The van der Waals surface area contributed by atoms with Crippen LogP contribution in [-0.4, -0.2) is 17.5 Å². The minimum absolute atomic E-state index is 0.548. The van der Waals surface area contributed by atoms with Crippen molar-refractivity contribution in [3.8, 4) is 0 Å². The smallest absolute Gasteiger partial charge is 0.139 e. The van der Waals surface area contributed by atoms with Crippen LogP contribution in [0.15, 0.2) is 6.07 Å². The quantitative estimate of drug-likeness (QED) is 0.841. The molecule has 1 saturated heterocycles. The highest BCUT2D eigenvalue weighted by Crippen LogP contribution is 2.36. The molecule has 4 heteroatoms. The second-order valence-corrected chi connectivity index (χ2v) is 5.52. The van der Waals surface area contributed by atoms with Crippen LogP contribution in [0.2, 0.25) is 0 Å². The molecule has 15 heavy (non-hydrogen) atoms. The Bertz CT molecular complexity index is 326. The molecule has 0 unspecified atom stereocenters. The van der Waals surface area contributed by atoms with Gasteiger partial charge in [0, 0.05) is 19.2 Å². The van der Waals surface area contributed by atoms with E-state index in [1.54, 1.807) is 0 Å². The third-order valence-electron chi connectivity index (χ3n) is 3.65. The van der Waals surface area contributed by atoms with E-state index in [4.69, 9.17) is 5.73 Å². The molecule has 1 fully saturated rings. The summed E-state index contributed by atoms with van der Waals surface area (Å²) < 4.78 is 4.13. The summed E-state index contributed by atoms with van der Waals surface area (Å²) in [5.74, 6) is 0.652. The first-order valence-electron chi connectivity index (χ1n) is 5.60. The Kier molecular flexibility index (Phi) is 2.87. The number of hydrogen-bond donors (Lipinski definition) is 1. The predicted molar refractivity (Wildman–Crippen MR) is 66.4 cm³/mol. The summed E-state index contributed by atoms with van der Waals surface area (Å²) in [5, 5.41) is 1.23. The Morgan fingerprint density at radius 3 is 2.67 bits per heavy atom. The van der Waals surface area contributed by atoms with Gasteiger partial charge >= 0.3 is 0 Å². The Balaban J connectivity index is 1.99. The number of anilines is 2. The topological polar surface area (TPSA) is 42.1 Å². The first-order valence-corrected chi connectivity index (χ1v) is 6.37. The molecule has 1 aromatic heterocycles. The molecule has 1 aliphatic rings. The number of rotatable bonds is 2. The van der Waals surface area contributed by atoms with Crippen molar-refractivity contribution in [3.05, 3.63) is 6.07 Å². The second kappa shape index (κ2) is 4.00. The van der Waals surface area contributed by atoms with Gasteiger partial charge < -0.3 is 10.6 Å². The molecule has 0 bridgehead atoms. The van der Waals surface area contributed by atoms with E-state index in [0.717, 1.165) is 13.1 Å². The van der Waals surface area contributed by atoms with Crippen LogP contribution in [-0.2, 0) is 0 Å². The van der Waals surface area contributed by atoms with Crippen molar-refractivity contribution in [1.29, 1.82) is 0 Å². The Morgan fingerprint density at radius 2 is 2.20 bits per heavy atom. The van der Waals surface area contributed by atoms with Crippen molar-refractivity contribution in [3.63, 3.8) is 0 Å². The molecule has 0 atom stereocenters. The van der Waals surface area contributed by atoms with Gasteiger partial charge in [-0.1, -0.05) is 20.3 Å². The third-order valence-corrected chi connectivity index (χ3v) is 4.52. The number of aromatic nitrogens is 1. The van der Waals surface area contributed by atoms with Gasteiger partial charge in [-0.3, -0.25) is 0 Å². The minimum atomic E-state index is 0.548. The van der Waals surface area contributed by atoms with Crippen molar-refractivity contribution in [1.82, 2.24) is 4.37 Å². The number of nitrogens with zero attached hydrogens (tertiary/aromatic N) is 2. The fourth-order valence-corrected chi connectivity index (χ4v) is 2.77. The van der Waals surface area contributed by atoms with E-state index in [1.807, 2.05) is 6.07 Å². The van der Waals surface area contributed by atoms with Gasteiger partial charge in [-0.2, -0.15) is 4.37 Å². The van der Waals surface area contributed by atoms with Crippen LogP contribution in [0.1, 0.15) is 33.1 Å². The molecule has 3 nitrogen and oxygen atoms in total. The van der Waals surface area contributed by atoms with E-state index in [2.05, 4.69) is 23.1 Å². The van der Waals surface area contributed by atoms with Gasteiger partial charge in [0.25, 0.3) is 0 Å². The van der Waals surface area contributed by atoms with E-state index < -0.39 is 0 Å². The summed E-state index contributed by atoms with van der Waals surface area (Å²) >= 11 is 1.51. The molecule has 0 amide bonds. The van der Waals surface area contributed by atoms with Gasteiger partial charge in [0.05, 0.1) is 0 Å². The molecule has 2 rings (SSSR count). The van der Waals surface area contributed by atoms with E-state index in [9.17, 15) is 0 Å². The summed E-state index contributed by atoms with van der Waals surface area (Å²) in [4.78, 5) is 2.41. The maximum atomic E-state index is 5.64. The average Bonchev–Trinajstić information content (AvgIpc) is 2.66. The lowest BCUT2D eigenvalue weighted by Crippen LogP contribution is -2.38. The van der Waals surface area contributed by atoms with Crippen LogP contribution in [0, 0.1) is 5.41 Å². The third kappa shape index (κ3) is 2.25. The van der Waals surface area contributed by atoms with Crippen molar-refractivity contribution >= 4 is 22.4 Å². The van der Waals surface area contributed by atoms with Gasteiger partial charge in [-0.15, -0.1) is 0 Å². The highest BCUT2D eigenvalue weighted by molar-refractivity contribution is 7.10. The first kappa shape index (κ1) is 10.7. The fraction of sp³-hybridized carbons (Fsp3) is 0.727. The molecule has 1 aromatic rings. The zero-order valence-electron chi connectivity index (χ0n) is 9.49. The molecule has 2 heterocycles. The van der Waals surface area contributed by atoms with Crippen LogP contribution >= 0.6 is 11.5 Å². The van der Waals surface area contributed by atoms with Gasteiger partial charge in [0.2, 0.25) is 0 Å². The van der Waals surface area contributed by atoms with E-state index in [0.29, 0.717) is 11.2 Å². The summed E-state index contributed by atoms with van der Waals surface area (Å²) in [6.07, 6.45) is 3.84. The molecule has 0 saturated carbocycles. The standard InChI is InChI=1S/C11H19N3S/c1-3-11(2)4-6-14(7-5-11)10-8-9(12)13-15-10/h8H,3-7H2,1-2H3,(H2,12,13). The monoisotopic (exact) mass is 225 g/mol. The number of piperidine rings is 1. The SMILES string of the molecule is CCC1(C)CCN(c2cc(N)ns2)CC1. The second-order valence-electron chi connectivity index (χ2n) is 4.74. The molecule has 84 valence electrons.